The van der Waals surface area contributed by atoms with Gasteiger partial charge in [0.15, 0.2) is 0 Å². The first-order valence-electron chi connectivity index (χ1n) is 12.8. The fourth-order valence-electron chi connectivity index (χ4n) is 5.10. The van der Waals surface area contributed by atoms with Gasteiger partial charge < -0.3 is 20.1 Å². The highest BCUT2D eigenvalue weighted by Gasteiger charge is 2.29. The van der Waals surface area contributed by atoms with E-state index in [0.717, 1.165) is 28.2 Å². The van der Waals surface area contributed by atoms with Gasteiger partial charge in [0.2, 0.25) is 23.6 Å². The van der Waals surface area contributed by atoms with Crippen molar-refractivity contribution in [3.8, 4) is 23.1 Å². The highest BCUT2D eigenvalue weighted by Crippen LogP contribution is 2.33. The molecule has 38 heavy (non-hydrogen) atoms. The van der Waals surface area contributed by atoms with Crippen LogP contribution in [0.2, 0.25) is 0 Å². The summed E-state index contributed by atoms with van der Waals surface area (Å²) in [7, 11) is 3.71. The van der Waals surface area contributed by atoms with Crippen LogP contribution in [0.5, 0.6) is 11.8 Å². The molecule has 0 aromatic carbocycles. The quantitative estimate of drug-likeness (QED) is 0.360. The number of hydrogen-bond acceptors (Lipinski definition) is 8. The van der Waals surface area contributed by atoms with Crippen molar-refractivity contribution in [2.45, 2.75) is 32.3 Å². The average molecular weight is 519 g/mol. The number of carbonyl (C=O) groups is 2. The molecule has 0 radical (unpaired) electrons. The lowest BCUT2D eigenvalue weighted by Crippen LogP contribution is -2.26. The molecule has 2 fully saturated rings. The summed E-state index contributed by atoms with van der Waals surface area (Å²) in [5, 5.41) is 16.5. The average Bonchev–Trinajstić information content (AvgIpc) is 3.65. The molecule has 0 bridgehead atoms. The van der Waals surface area contributed by atoms with Gasteiger partial charge in [-0.15, -0.1) is 0 Å². The number of aryl methyl sites for hydroxylation is 2. The summed E-state index contributed by atoms with van der Waals surface area (Å²) in [6.07, 6.45) is 5.24. The zero-order valence-corrected chi connectivity index (χ0v) is 21.6. The number of rotatable bonds is 8. The molecule has 2 N–H and O–H groups in total. The standard InChI is InChI=1S/C26H30N8O4/c1-14(16-7-24(36)28-11-16)38-26-18-13-34(3)32-20(18)9-22(30-26)21-8-19-17(12-33(2)31-19)25(29-21)37-5-4-15-6-23(35)27-10-15/h8-9,12-16H,4-7,10-11H2,1-3H3,(H,27,35)(H,28,36)/t14-,15+,16-/m1/s1. The Kier molecular flexibility index (Phi) is 6.09. The minimum atomic E-state index is -0.220. The Bertz CT molecular complexity index is 1540. The Hall–Kier alpha value is -4.22. The molecule has 0 unspecified atom stereocenters. The normalized spacial score (nSPS) is 20.2. The smallest absolute Gasteiger partial charge is 0.225 e. The fraction of sp³-hybridized carbons (Fsp3) is 0.462. The van der Waals surface area contributed by atoms with Gasteiger partial charge in [0.05, 0.1) is 39.8 Å². The summed E-state index contributed by atoms with van der Waals surface area (Å²) in [5.74, 6) is 1.36. The molecule has 6 rings (SSSR count). The molecule has 6 heterocycles. The Labute approximate surface area is 218 Å². The minimum absolute atomic E-state index is 0.0369. The molecule has 0 spiro atoms. The SMILES string of the molecule is C[C@@H](Oc1nc(-c2cc3nn(C)cc3c(OCC[C@@H]3CNC(=O)C3)n2)cc2nn(C)cc12)[C@H]1CNC(=O)C1. The maximum absolute atomic E-state index is 11.7. The third-order valence-electron chi connectivity index (χ3n) is 7.23. The van der Waals surface area contributed by atoms with Crippen LogP contribution < -0.4 is 20.1 Å². The van der Waals surface area contributed by atoms with E-state index in [4.69, 9.17) is 19.4 Å². The molecule has 12 nitrogen and oxygen atoms in total. The van der Waals surface area contributed by atoms with Gasteiger partial charge >= 0.3 is 0 Å². The van der Waals surface area contributed by atoms with Gasteiger partial charge in [-0.2, -0.15) is 10.2 Å². The number of aromatic nitrogens is 6. The number of nitrogens with zero attached hydrogens (tertiary/aromatic N) is 6. The van der Waals surface area contributed by atoms with Gasteiger partial charge in [-0.05, 0) is 31.4 Å². The Morgan fingerprint density at radius 3 is 2.13 bits per heavy atom. The van der Waals surface area contributed by atoms with E-state index in [1.165, 1.54) is 0 Å². The molecule has 3 atom stereocenters. The van der Waals surface area contributed by atoms with Gasteiger partial charge in [-0.1, -0.05) is 0 Å². The van der Waals surface area contributed by atoms with Crippen LogP contribution >= 0.6 is 0 Å². The van der Waals surface area contributed by atoms with Crippen LogP contribution in [0, 0.1) is 11.8 Å². The first kappa shape index (κ1) is 24.1. The van der Waals surface area contributed by atoms with Crippen molar-refractivity contribution in [2.24, 2.45) is 25.9 Å². The van der Waals surface area contributed by atoms with Crippen molar-refractivity contribution < 1.29 is 19.1 Å². The van der Waals surface area contributed by atoms with E-state index in [9.17, 15) is 9.59 Å². The summed E-state index contributed by atoms with van der Waals surface area (Å²) in [4.78, 5) is 32.9. The van der Waals surface area contributed by atoms with Gasteiger partial charge in [0.25, 0.3) is 0 Å². The van der Waals surface area contributed by atoms with Crippen LogP contribution in [0.4, 0.5) is 0 Å². The van der Waals surface area contributed by atoms with E-state index in [2.05, 4.69) is 20.8 Å². The predicted octanol–water partition coefficient (Wildman–Crippen LogP) is 1.73. The zero-order valence-electron chi connectivity index (χ0n) is 21.6. The highest BCUT2D eigenvalue weighted by molar-refractivity contribution is 5.90. The number of hydrogen-bond donors (Lipinski definition) is 2. The second-order valence-electron chi connectivity index (χ2n) is 10.2. The first-order chi connectivity index (χ1) is 18.3. The molecule has 4 aromatic heterocycles. The highest BCUT2D eigenvalue weighted by atomic mass is 16.5. The third kappa shape index (κ3) is 4.73. The van der Waals surface area contributed by atoms with Crippen molar-refractivity contribution in [3.63, 3.8) is 0 Å². The molecule has 2 saturated heterocycles. The summed E-state index contributed by atoms with van der Waals surface area (Å²) in [6.45, 7) is 3.66. The van der Waals surface area contributed by atoms with E-state index >= 15 is 0 Å². The minimum Gasteiger partial charge on any atom is -0.477 e. The van der Waals surface area contributed by atoms with Gasteiger partial charge in [-0.3, -0.25) is 19.0 Å². The van der Waals surface area contributed by atoms with Crippen LogP contribution in [0.15, 0.2) is 24.5 Å². The van der Waals surface area contributed by atoms with Crippen LogP contribution in [0.3, 0.4) is 0 Å². The maximum Gasteiger partial charge on any atom is 0.225 e. The molecule has 12 heteroatoms. The summed E-state index contributed by atoms with van der Waals surface area (Å²) in [6, 6.07) is 3.76. The monoisotopic (exact) mass is 518 g/mol. The molecule has 2 aliphatic rings. The maximum atomic E-state index is 11.7. The fourth-order valence-corrected chi connectivity index (χ4v) is 5.10. The van der Waals surface area contributed by atoms with Crippen molar-refractivity contribution in [2.75, 3.05) is 19.7 Å². The molecule has 4 aromatic rings. The molecule has 2 aliphatic heterocycles. The third-order valence-corrected chi connectivity index (χ3v) is 7.23. The Morgan fingerprint density at radius 2 is 1.53 bits per heavy atom. The molecular formula is C26H30N8O4. The van der Waals surface area contributed by atoms with E-state index in [-0.39, 0.29) is 29.8 Å². The van der Waals surface area contributed by atoms with Crippen molar-refractivity contribution in [3.05, 3.63) is 24.5 Å². The van der Waals surface area contributed by atoms with Crippen LogP contribution in [-0.4, -0.2) is 67.1 Å². The van der Waals surface area contributed by atoms with Crippen LogP contribution in [-0.2, 0) is 23.7 Å². The predicted molar refractivity (Wildman–Crippen MR) is 138 cm³/mol. The topological polar surface area (TPSA) is 138 Å². The number of nitrogens with one attached hydrogen (secondary N) is 2. The molecular weight excluding hydrogens is 488 g/mol. The lowest BCUT2D eigenvalue weighted by molar-refractivity contribution is -0.120. The number of fused-ring (bicyclic) bond motifs is 2. The summed E-state index contributed by atoms with van der Waals surface area (Å²) in [5.41, 5.74) is 2.64. The lowest BCUT2D eigenvalue weighted by atomic mass is 10.0. The second-order valence-corrected chi connectivity index (χ2v) is 10.2. The van der Waals surface area contributed by atoms with E-state index in [0.29, 0.717) is 55.7 Å². The van der Waals surface area contributed by atoms with Crippen LogP contribution in [0.25, 0.3) is 33.2 Å². The van der Waals surface area contributed by atoms with Gasteiger partial charge in [0.1, 0.15) is 6.10 Å². The van der Waals surface area contributed by atoms with E-state index in [1.54, 1.807) is 9.36 Å². The summed E-state index contributed by atoms with van der Waals surface area (Å²) < 4.78 is 15.9. The molecule has 0 saturated carbocycles. The van der Waals surface area contributed by atoms with Crippen LogP contribution in [0.1, 0.15) is 26.2 Å². The van der Waals surface area contributed by atoms with Gasteiger partial charge in [-0.25, -0.2) is 9.97 Å². The largest absolute Gasteiger partial charge is 0.477 e. The number of ether oxygens (including phenoxy) is 2. The number of carbonyl (C=O) groups excluding carboxylic acids is 2. The van der Waals surface area contributed by atoms with Crippen molar-refractivity contribution in [1.29, 1.82) is 0 Å². The lowest BCUT2D eigenvalue weighted by Gasteiger charge is -2.19. The van der Waals surface area contributed by atoms with Gasteiger partial charge in [0, 0.05) is 58.3 Å². The molecule has 0 aliphatic carbocycles. The Morgan fingerprint density at radius 1 is 0.921 bits per heavy atom. The van der Waals surface area contributed by atoms with E-state index < -0.39 is 0 Å². The van der Waals surface area contributed by atoms with Crippen molar-refractivity contribution >= 4 is 33.6 Å². The van der Waals surface area contributed by atoms with Crippen molar-refractivity contribution in [1.82, 2.24) is 40.2 Å². The first-order valence-corrected chi connectivity index (χ1v) is 12.8. The zero-order chi connectivity index (χ0) is 26.4. The molecule has 2 amide bonds. The molecule has 198 valence electrons. The number of pyridine rings is 2. The Balaban J connectivity index is 1.33. The van der Waals surface area contributed by atoms with E-state index in [1.807, 2.05) is 45.5 Å². The summed E-state index contributed by atoms with van der Waals surface area (Å²) >= 11 is 0. The second kappa shape index (κ2) is 9.58. The number of amides is 2.